The minimum Gasteiger partial charge on any atom is -0.846 e. The average molecular weight is 332 g/mol. The van der Waals surface area contributed by atoms with E-state index in [4.69, 9.17) is 4.55 Å². The van der Waals surface area contributed by atoms with Gasteiger partial charge in [0.25, 0.3) is 0 Å². The van der Waals surface area contributed by atoms with Crippen molar-refractivity contribution in [2.24, 2.45) is 4.99 Å². The van der Waals surface area contributed by atoms with Crippen LogP contribution in [0.3, 0.4) is 0 Å². The van der Waals surface area contributed by atoms with Crippen LogP contribution in [0.5, 0.6) is 0 Å². The molecule has 0 fully saturated rings. The van der Waals surface area contributed by atoms with E-state index in [1.807, 2.05) is 0 Å². The SMILES string of the molecule is CCCCCCCCNC([O-])=NCCCOS(=O)(=O)O.[Na+]. The van der Waals surface area contributed by atoms with E-state index in [1.165, 1.54) is 25.7 Å². The fourth-order valence-corrected chi connectivity index (χ4v) is 1.89. The van der Waals surface area contributed by atoms with Crippen molar-refractivity contribution in [1.82, 2.24) is 5.32 Å². The second kappa shape index (κ2) is 15.1. The van der Waals surface area contributed by atoms with Gasteiger partial charge in [0, 0.05) is 19.1 Å². The van der Waals surface area contributed by atoms with Gasteiger partial charge in [-0.3, -0.25) is 9.55 Å². The molecule has 9 heteroatoms. The van der Waals surface area contributed by atoms with Crippen molar-refractivity contribution in [3.8, 4) is 0 Å². The Morgan fingerprint density at radius 3 is 2.43 bits per heavy atom. The third kappa shape index (κ3) is 20.1. The summed E-state index contributed by atoms with van der Waals surface area (Å²) in [4.78, 5) is 3.68. The van der Waals surface area contributed by atoms with E-state index in [1.54, 1.807) is 0 Å². The number of unbranched alkanes of at least 4 members (excludes halogenated alkanes) is 5. The zero-order valence-corrected chi connectivity index (χ0v) is 15.8. The van der Waals surface area contributed by atoms with Gasteiger partial charge >= 0.3 is 40.0 Å². The normalized spacial score (nSPS) is 12.0. The van der Waals surface area contributed by atoms with Gasteiger partial charge in [-0.05, 0) is 12.8 Å². The number of rotatable bonds is 12. The molecule has 0 aromatic rings. The Labute approximate surface area is 149 Å². The molecule has 0 saturated heterocycles. The van der Waals surface area contributed by atoms with Crippen molar-refractivity contribution in [3.05, 3.63) is 0 Å². The predicted octanol–water partition coefficient (Wildman–Crippen LogP) is -2.13. The van der Waals surface area contributed by atoms with E-state index in [0.29, 0.717) is 6.54 Å². The summed E-state index contributed by atoms with van der Waals surface area (Å²) < 4.78 is 32.8. The molecular formula is C12H25N2NaO5S. The van der Waals surface area contributed by atoms with Gasteiger partial charge in [0.1, 0.15) is 0 Å². The Morgan fingerprint density at radius 1 is 1.19 bits per heavy atom. The van der Waals surface area contributed by atoms with Gasteiger partial charge in [-0.25, -0.2) is 4.18 Å². The average Bonchev–Trinajstić information content (AvgIpc) is 2.36. The van der Waals surface area contributed by atoms with Crippen molar-refractivity contribution in [1.29, 1.82) is 0 Å². The summed E-state index contributed by atoms with van der Waals surface area (Å²) in [6, 6.07) is -0.398. The second-order valence-electron chi connectivity index (χ2n) is 4.48. The van der Waals surface area contributed by atoms with Crippen LogP contribution in [0.4, 0.5) is 0 Å². The van der Waals surface area contributed by atoms with Crippen LogP contribution >= 0.6 is 0 Å². The molecule has 0 spiro atoms. The first-order valence-corrected chi connectivity index (χ1v) is 8.39. The van der Waals surface area contributed by atoms with Crippen molar-refractivity contribution in [2.75, 3.05) is 19.7 Å². The molecule has 0 rings (SSSR count). The van der Waals surface area contributed by atoms with Gasteiger partial charge < -0.3 is 10.4 Å². The predicted molar refractivity (Wildman–Crippen MR) is 75.8 cm³/mol. The minimum atomic E-state index is -4.39. The number of hydrogen-bond acceptors (Lipinski definition) is 5. The van der Waals surface area contributed by atoms with Crippen molar-refractivity contribution >= 4 is 16.4 Å². The summed E-state index contributed by atoms with van der Waals surface area (Å²) in [5.41, 5.74) is 0. The van der Waals surface area contributed by atoms with Crippen LogP contribution in [0, 0.1) is 0 Å². The molecule has 0 atom stereocenters. The number of nitrogens with zero attached hydrogens (tertiary/aromatic N) is 1. The molecule has 0 bridgehead atoms. The zero-order chi connectivity index (χ0) is 15.3. The molecule has 7 nitrogen and oxygen atoms in total. The number of aliphatic imine (C=N–C) groups is 1. The molecule has 0 unspecified atom stereocenters. The maximum absolute atomic E-state index is 11.3. The van der Waals surface area contributed by atoms with Crippen LogP contribution in [0.25, 0.3) is 0 Å². The Bertz CT molecular complexity index is 363. The molecule has 2 N–H and O–H groups in total. The van der Waals surface area contributed by atoms with Gasteiger partial charge in [0.2, 0.25) is 0 Å². The van der Waals surface area contributed by atoms with E-state index >= 15 is 0 Å². The largest absolute Gasteiger partial charge is 1.00 e. The smallest absolute Gasteiger partial charge is 0.846 e. The van der Waals surface area contributed by atoms with Gasteiger partial charge in [0.05, 0.1) is 6.61 Å². The quantitative estimate of drug-likeness (QED) is 0.139. The van der Waals surface area contributed by atoms with Crippen LogP contribution in [-0.2, 0) is 14.6 Å². The Kier molecular flexibility index (Phi) is 16.8. The van der Waals surface area contributed by atoms with Crippen molar-refractivity contribution in [3.63, 3.8) is 0 Å². The molecule has 0 aliphatic heterocycles. The molecule has 0 aliphatic rings. The van der Waals surface area contributed by atoms with Crippen LogP contribution in [-0.4, -0.2) is 38.7 Å². The molecule has 0 aromatic carbocycles. The first-order valence-electron chi connectivity index (χ1n) is 7.03. The summed E-state index contributed by atoms with van der Waals surface area (Å²) in [5, 5.41) is 13.9. The summed E-state index contributed by atoms with van der Waals surface area (Å²) in [7, 11) is -4.39. The topological polar surface area (TPSA) is 111 Å². The van der Waals surface area contributed by atoms with E-state index in [9.17, 15) is 13.5 Å². The molecule has 0 aliphatic carbocycles. The van der Waals surface area contributed by atoms with Crippen LogP contribution in [0.2, 0.25) is 0 Å². The fraction of sp³-hybridized carbons (Fsp3) is 0.917. The van der Waals surface area contributed by atoms with E-state index < -0.39 is 16.4 Å². The van der Waals surface area contributed by atoms with Crippen LogP contribution in [0.1, 0.15) is 51.9 Å². The standard InChI is InChI=1S/C12H26N2O5S.Na/c1-2-3-4-5-6-7-9-13-12(15)14-10-8-11-19-20(16,17)18;/h2-11H2,1H3,(H2,13,14,15)(H,16,17,18);/q;+1/p-1. The van der Waals surface area contributed by atoms with E-state index in [-0.39, 0.29) is 49.1 Å². The Balaban J connectivity index is 0. The molecule has 120 valence electrons. The minimum absolute atomic E-state index is 0. The molecule has 21 heavy (non-hydrogen) atoms. The molecule has 0 heterocycles. The maximum atomic E-state index is 11.3. The molecule has 0 radical (unpaired) electrons. The third-order valence-electron chi connectivity index (χ3n) is 2.60. The van der Waals surface area contributed by atoms with Gasteiger partial charge in [-0.1, -0.05) is 39.0 Å². The van der Waals surface area contributed by atoms with E-state index in [2.05, 4.69) is 21.4 Å². The Hall–Kier alpha value is 0.140. The van der Waals surface area contributed by atoms with Gasteiger partial charge in [0.15, 0.2) is 0 Å². The summed E-state index contributed by atoms with van der Waals surface area (Å²) in [6.07, 6.45) is 7.20. The summed E-state index contributed by atoms with van der Waals surface area (Å²) >= 11 is 0. The number of amidine groups is 1. The molecular weight excluding hydrogens is 307 g/mol. The summed E-state index contributed by atoms with van der Waals surface area (Å²) in [6.45, 7) is 2.75. The monoisotopic (exact) mass is 332 g/mol. The van der Waals surface area contributed by atoms with Crippen LogP contribution in [0.15, 0.2) is 4.99 Å². The summed E-state index contributed by atoms with van der Waals surface area (Å²) in [5.74, 6) is 0. The second-order valence-corrected chi connectivity index (χ2v) is 5.58. The Morgan fingerprint density at radius 2 is 1.81 bits per heavy atom. The first kappa shape index (κ1) is 23.4. The fourth-order valence-electron chi connectivity index (χ4n) is 1.57. The first-order chi connectivity index (χ1) is 9.45. The molecule has 0 saturated carbocycles. The molecule has 0 aromatic heterocycles. The number of hydrogen-bond donors (Lipinski definition) is 2. The molecule has 0 amide bonds. The van der Waals surface area contributed by atoms with Crippen molar-refractivity contribution in [2.45, 2.75) is 51.9 Å². The van der Waals surface area contributed by atoms with E-state index in [0.717, 1.165) is 12.8 Å². The number of nitrogens with one attached hydrogen (secondary N) is 1. The maximum Gasteiger partial charge on any atom is 1.00 e. The van der Waals surface area contributed by atoms with Crippen LogP contribution < -0.4 is 40.0 Å². The van der Waals surface area contributed by atoms with Crippen molar-refractivity contribution < 1.29 is 51.8 Å². The van der Waals surface area contributed by atoms with Gasteiger partial charge in [-0.2, -0.15) is 8.42 Å². The third-order valence-corrected chi connectivity index (χ3v) is 3.06. The van der Waals surface area contributed by atoms with Gasteiger partial charge in [-0.15, -0.1) is 0 Å². The zero-order valence-electron chi connectivity index (χ0n) is 13.0.